The van der Waals surface area contributed by atoms with E-state index in [-0.39, 0.29) is 0 Å². The second-order valence-electron chi connectivity index (χ2n) is 8.85. The molecule has 0 N–H and O–H groups in total. The van der Waals surface area contributed by atoms with E-state index in [4.69, 9.17) is 14.2 Å². The van der Waals surface area contributed by atoms with Gasteiger partial charge in [0.1, 0.15) is 0 Å². The number of nitrogens with zero attached hydrogens (tertiary/aromatic N) is 1. The highest BCUT2D eigenvalue weighted by Crippen LogP contribution is 2.39. The van der Waals surface area contributed by atoms with Crippen LogP contribution in [0.4, 0.5) is 0 Å². The minimum atomic E-state index is 0.430. The van der Waals surface area contributed by atoms with Gasteiger partial charge in [0.15, 0.2) is 11.5 Å². The van der Waals surface area contributed by atoms with Crippen molar-refractivity contribution < 1.29 is 14.2 Å². The van der Waals surface area contributed by atoms with Gasteiger partial charge in [-0.15, -0.1) is 0 Å². The second-order valence-corrected chi connectivity index (χ2v) is 8.85. The lowest BCUT2D eigenvalue weighted by Crippen LogP contribution is -2.37. The fraction of sp³-hybridized carbons (Fsp3) is 0.538. The Kier molecular flexibility index (Phi) is 6.96. The van der Waals surface area contributed by atoms with E-state index in [0.29, 0.717) is 12.6 Å². The van der Waals surface area contributed by atoms with Crippen LogP contribution in [0.2, 0.25) is 0 Å². The third-order valence-corrected chi connectivity index (χ3v) is 6.86. The predicted octanol–water partition coefficient (Wildman–Crippen LogP) is 5.67. The van der Waals surface area contributed by atoms with Crippen molar-refractivity contribution in [1.29, 1.82) is 0 Å². The van der Waals surface area contributed by atoms with Crippen LogP contribution in [0.3, 0.4) is 0 Å². The molecule has 1 aliphatic heterocycles. The van der Waals surface area contributed by atoms with E-state index in [0.717, 1.165) is 30.6 Å². The van der Waals surface area contributed by atoms with E-state index < -0.39 is 0 Å². The van der Waals surface area contributed by atoms with Crippen molar-refractivity contribution in [3.05, 3.63) is 47.5 Å². The molecule has 0 spiro atoms. The molecule has 4 nitrogen and oxygen atoms in total. The largest absolute Gasteiger partial charge is 0.493 e. The molecule has 162 valence electrons. The molecule has 2 aromatic carbocycles. The minimum absolute atomic E-state index is 0.430. The molecular weight excluding hydrogens is 374 g/mol. The van der Waals surface area contributed by atoms with Gasteiger partial charge in [0, 0.05) is 12.6 Å². The maximum Gasteiger partial charge on any atom is 0.161 e. The zero-order valence-corrected chi connectivity index (χ0v) is 18.7. The first-order valence-electron chi connectivity index (χ1n) is 11.3. The molecule has 2 aromatic rings. The molecule has 1 aliphatic carbocycles. The number of ether oxygens (including phenoxy) is 3. The third-order valence-electron chi connectivity index (χ3n) is 6.86. The molecule has 1 saturated carbocycles. The Morgan fingerprint density at radius 3 is 2.43 bits per heavy atom. The lowest BCUT2D eigenvalue weighted by Gasteiger charge is -2.34. The Morgan fingerprint density at radius 2 is 1.67 bits per heavy atom. The molecule has 0 aromatic heterocycles. The first kappa shape index (κ1) is 21.2. The normalized spacial score (nSPS) is 20.8. The number of benzene rings is 2. The Morgan fingerprint density at radius 1 is 0.933 bits per heavy atom. The van der Waals surface area contributed by atoms with Gasteiger partial charge in [0.2, 0.25) is 0 Å². The summed E-state index contributed by atoms with van der Waals surface area (Å²) in [5, 5.41) is 0. The van der Waals surface area contributed by atoms with Crippen molar-refractivity contribution in [2.45, 2.75) is 57.7 Å². The molecule has 1 unspecified atom stereocenters. The Bertz CT molecular complexity index is 844. The molecule has 0 amide bonds. The van der Waals surface area contributed by atoms with E-state index in [1.54, 1.807) is 14.2 Å². The first-order valence-corrected chi connectivity index (χ1v) is 11.3. The van der Waals surface area contributed by atoms with Crippen LogP contribution in [0.1, 0.15) is 49.7 Å². The van der Waals surface area contributed by atoms with Crippen LogP contribution < -0.4 is 9.47 Å². The van der Waals surface area contributed by atoms with Gasteiger partial charge in [0.05, 0.1) is 27.4 Å². The lowest BCUT2D eigenvalue weighted by molar-refractivity contribution is 0.0437. The number of fused-ring (bicyclic) bond motifs is 3. The van der Waals surface area contributed by atoms with Crippen molar-refractivity contribution in [2.24, 2.45) is 5.92 Å². The minimum Gasteiger partial charge on any atom is -0.493 e. The van der Waals surface area contributed by atoms with Gasteiger partial charge in [-0.1, -0.05) is 56.4 Å². The van der Waals surface area contributed by atoms with Crippen molar-refractivity contribution in [1.82, 2.24) is 4.90 Å². The Balaban J connectivity index is 1.70. The molecule has 1 fully saturated rings. The molecule has 1 heterocycles. The quantitative estimate of drug-likeness (QED) is 0.651. The van der Waals surface area contributed by atoms with Crippen molar-refractivity contribution in [3.63, 3.8) is 0 Å². The van der Waals surface area contributed by atoms with E-state index in [1.807, 2.05) is 0 Å². The number of methoxy groups -OCH3 is 2. The fourth-order valence-corrected chi connectivity index (χ4v) is 5.10. The highest BCUT2D eigenvalue weighted by Gasteiger charge is 2.25. The first-order chi connectivity index (χ1) is 14.7. The SMILES string of the molecule is COc1cc2c(cc1OC)-c1ccccc1COCC(CC1CCCCC1)N(C)C2. The molecule has 2 aliphatic rings. The fourth-order valence-electron chi connectivity index (χ4n) is 5.10. The van der Waals surface area contributed by atoms with Gasteiger partial charge in [-0.25, -0.2) is 0 Å². The van der Waals surface area contributed by atoms with Gasteiger partial charge >= 0.3 is 0 Å². The standard InChI is InChI=1S/C26H35NO3/c1-27-16-21-14-25(28-2)26(29-3)15-24(21)23-12-8-7-11-20(23)17-30-18-22(27)13-19-9-5-4-6-10-19/h7-8,11-12,14-15,19,22H,4-6,9-10,13,16-18H2,1-3H3. The summed E-state index contributed by atoms with van der Waals surface area (Å²) in [7, 11) is 5.65. The van der Waals surface area contributed by atoms with Gasteiger partial charge in [-0.2, -0.15) is 0 Å². The summed E-state index contributed by atoms with van der Waals surface area (Å²) in [4.78, 5) is 2.48. The van der Waals surface area contributed by atoms with E-state index in [9.17, 15) is 0 Å². The predicted molar refractivity (Wildman–Crippen MR) is 121 cm³/mol. The molecule has 30 heavy (non-hydrogen) atoms. The van der Waals surface area contributed by atoms with Crippen LogP contribution in [0.5, 0.6) is 11.5 Å². The number of likely N-dealkylation sites (N-methyl/N-ethyl adjacent to an activating group) is 1. The molecule has 0 bridgehead atoms. The number of hydrogen-bond donors (Lipinski definition) is 0. The summed E-state index contributed by atoms with van der Waals surface area (Å²) in [6, 6.07) is 13.3. The zero-order chi connectivity index (χ0) is 20.9. The molecule has 1 atom stereocenters. The summed E-state index contributed by atoms with van der Waals surface area (Å²) < 4.78 is 17.5. The van der Waals surface area contributed by atoms with Crippen LogP contribution in [0.15, 0.2) is 36.4 Å². The van der Waals surface area contributed by atoms with Gasteiger partial charge in [0.25, 0.3) is 0 Å². The molecule has 0 saturated heterocycles. The maximum absolute atomic E-state index is 6.28. The molecule has 0 radical (unpaired) electrons. The number of rotatable bonds is 4. The lowest BCUT2D eigenvalue weighted by atomic mass is 9.84. The van der Waals surface area contributed by atoms with Crippen molar-refractivity contribution in [2.75, 3.05) is 27.9 Å². The molecule has 4 rings (SSSR count). The van der Waals surface area contributed by atoms with Gasteiger partial charge in [-0.3, -0.25) is 4.90 Å². The highest BCUT2D eigenvalue weighted by molar-refractivity contribution is 5.74. The zero-order valence-electron chi connectivity index (χ0n) is 18.7. The molecular formula is C26H35NO3. The summed E-state index contributed by atoms with van der Waals surface area (Å²) in [6.45, 7) is 2.29. The van der Waals surface area contributed by atoms with Crippen LogP contribution in [-0.2, 0) is 17.9 Å². The van der Waals surface area contributed by atoms with Crippen LogP contribution >= 0.6 is 0 Å². The average Bonchev–Trinajstić information content (AvgIpc) is 2.78. The highest BCUT2D eigenvalue weighted by atomic mass is 16.5. The van der Waals surface area contributed by atoms with Crippen LogP contribution in [0, 0.1) is 5.92 Å². The van der Waals surface area contributed by atoms with E-state index in [2.05, 4.69) is 48.3 Å². The summed E-state index contributed by atoms with van der Waals surface area (Å²) in [5.74, 6) is 2.39. The van der Waals surface area contributed by atoms with Crippen LogP contribution in [-0.4, -0.2) is 38.8 Å². The third kappa shape index (κ3) is 4.65. The summed E-state index contributed by atoms with van der Waals surface area (Å²) in [5.41, 5.74) is 4.93. The molecule has 4 heteroatoms. The van der Waals surface area contributed by atoms with E-state index in [1.165, 1.54) is 60.8 Å². The van der Waals surface area contributed by atoms with Crippen LogP contribution in [0.25, 0.3) is 11.1 Å². The van der Waals surface area contributed by atoms with Gasteiger partial charge < -0.3 is 14.2 Å². The topological polar surface area (TPSA) is 30.9 Å². The Hall–Kier alpha value is -2.04. The second kappa shape index (κ2) is 9.84. The van der Waals surface area contributed by atoms with Crippen molar-refractivity contribution in [3.8, 4) is 22.6 Å². The van der Waals surface area contributed by atoms with Crippen molar-refractivity contribution >= 4 is 0 Å². The Labute approximate surface area is 181 Å². The smallest absolute Gasteiger partial charge is 0.161 e. The number of hydrogen-bond acceptors (Lipinski definition) is 4. The van der Waals surface area contributed by atoms with Gasteiger partial charge in [-0.05, 0) is 53.8 Å². The monoisotopic (exact) mass is 409 g/mol. The summed E-state index contributed by atoms with van der Waals surface area (Å²) in [6.07, 6.45) is 8.13. The maximum atomic E-state index is 6.28. The summed E-state index contributed by atoms with van der Waals surface area (Å²) >= 11 is 0. The average molecular weight is 410 g/mol. The van der Waals surface area contributed by atoms with E-state index >= 15 is 0 Å².